The van der Waals surface area contributed by atoms with Gasteiger partial charge in [0.05, 0.1) is 0 Å². The van der Waals surface area contributed by atoms with E-state index < -0.39 is 11.6 Å². The maximum absolute atomic E-state index is 13.6. The lowest BCUT2D eigenvalue weighted by molar-refractivity contribution is 0.284. The maximum Gasteiger partial charge on any atom is 0.165 e. The number of aliphatic hydroxyl groups excluding tert-OH is 1. The SMILES string of the molecule is OCC#Cc1ccc(F)c(OCc2ccccc2F)c1. The van der Waals surface area contributed by atoms with Crippen molar-refractivity contribution in [3.63, 3.8) is 0 Å². The summed E-state index contributed by atoms with van der Waals surface area (Å²) in [5, 5.41) is 8.61. The second kappa shape index (κ2) is 6.69. The monoisotopic (exact) mass is 274 g/mol. The second-order valence-corrected chi connectivity index (χ2v) is 3.99. The molecule has 0 saturated heterocycles. The van der Waals surface area contributed by atoms with Crippen LogP contribution >= 0.6 is 0 Å². The van der Waals surface area contributed by atoms with E-state index in [2.05, 4.69) is 11.8 Å². The first-order valence-corrected chi connectivity index (χ1v) is 5.96. The number of ether oxygens (including phenoxy) is 1. The lowest BCUT2D eigenvalue weighted by Crippen LogP contribution is -2.00. The molecule has 0 saturated carbocycles. The Morgan fingerprint density at radius 1 is 1.05 bits per heavy atom. The number of hydrogen-bond acceptors (Lipinski definition) is 2. The summed E-state index contributed by atoms with van der Waals surface area (Å²) in [5.74, 6) is 4.17. The fourth-order valence-electron chi connectivity index (χ4n) is 1.60. The lowest BCUT2D eigenvalue weighted by Gasteiger charge is -2.08. The number of benzene rings is 2. The van der Waals surface area contributed by atoms with Crippen LogP contribution in [0.4, 0.5) is 8.78 Å². The maximum atomic E-state index is 13.6. The van der Waals surface area contributed by atoms with Gasteiger partial charge in [0, 0.05) is 11.1 Å². The summed E-state index contributed by atoms with van der Waals surface area (Å²) in [6.07, 6.45) is 0. The summed E-state index contributed by atoms with van der Waals surface area (Å²) >= 11 is 0. The summed E-state index contributed by atoms with van der Waals surface area (Å²) in [4.78, 5) is 0. The van der Waals surface area contributed by atoms with Crippen LogP contribution in [0.2, 0.25) is 0 Å². The van der Waals surface area contributed by atoms with Crippen molar-refractivity contribution in [1.82, 2.24) is 0 Å². The van der Waals surface area contributed by atoms with Crippen molar-refractivity contribution in [3.8, 4) is 17.6 Å². The van der Waals surface area contributed by atoms with Gasteiger partial charge in [-0.15, -0.1) is 0 Å². The molecule has 2 nitrogen and oxygen atoms in total. The molecule has 0 aliphatic rings. The molecule has 0 aliphatic carbocycles. The molecule has 0 atom stereocenters. The van der Waals surface area contributed by atoms with E-state index >= 15 is 0 Å². The molecule has 0 spiro atoms. The minimum Gasteiger partial charge on any atom is -0.486 e. The van der Waals surface area contributed by atoms with E-state index in [9.17, 15) is 8.78 Å². The molecule has 0 aliphatic heterocycles. The Balaban J connectivity index is 2.15. The largest absolute Gasteiger partial charge is 0.486 e. The quantitative estimate of drug-likeness (QED) is 0.872. The van der Waals surface area contributed by atoms with Crippen LogP contribution in [0, 0.1) is 23.5 Å². The van der Waals surface area contributed by atoms with Gasteiger partial charge in [-0.25, -0.2) is 8.78 Å². The first-order chi connectivity index (χ1) is 9.70. The normalized spacial score (nSPS) is 9.75. The Morgan fingerprint density at radius 2 is 1.85 bits per heavy atom. The predicted octanol–water partition coefficient (Wildman–Crippen LogP) is 2.89. The van der Waals surface area contributed by atoms with Crippen LogP contribution in [-0.2, 0) is 6.61 Å². The van der Waals surface area contributed by atoms with Crippen molar-refractivity contribution in [2.45, 2.75) is 6.61 Å². The van der Waals surface area contributed by atoms with Crippen LogP contribution in [0.1, 0.15) is 11.1 Å². The van der Waals surface area contributed by atoms with Crippen LogP contribution < -0.4 is 4.74 Å². The molecule has 0 heterocycles. The Labute approximate surface area is 115 Å². The molecule has 0 unspecified atom stereocenters. The number of halogens is 2. The summed E-state index contributed by atoms with van der Waals surface area (Å²) in [5.41, 5.74) is 0.864. The van der Waals surface area contributed by atoms with Crippen LogP contribution in [0.15, 0.2) is 42.5 Å². The standard InChI is InChI=1S/C16H12F2O2/c17-14-6-2-1-5-13(14)11-20-16-10-12(4-3-9-19)7-8-15(16)18/h1-2,5-8,10,19H,9,11H2. The molecule has 102 valence electrons. The van der Waals surface area contributed by atoms with Crippen LogP contribution in [0.5, 0.6) is 5.75 Å². The van der Waals surface area contributed by atoms with Gasteiger partial charge in [0.25, 0.3) is 0 Å². The van der Waals surface area contributed by atoms with Gasteiger partial charge in [0.2, 0.25) is 0 Å². The molecule has 2 aromatic carbocycles. The minimum atomic E-state index is -0.545. The molecule has 2 rings (SSSR count). The zero-order chi connectivity index (χ0) is 14.4. The van der Waals surface area contributed by atoms with Crippen molar-refractivity contribution >= 4 is 0 Å². The van der Waals surface area contributed by atoms with E-state index in [4.69, 9.17) is 9.84 Å². The molecule has 2 aromatic rings. The lowest BCUT2D eigenvalue weighted by atomic mass is 10.2. The van der Waals surface area contributed by atoms with E-state index in [1.165, 1.54) is 24.3 Å². The van der Waals surface area contributed by atoms with Crippen molar-refractivity contribution in [1.29, 1.82) is 0 Å². The molecular formula is C16H12F2O2. The Morgan fingerprint density at radius 3 is 2.60 bits per heavy atom. The highest BCUT2D eigenvalue weighted by Gasteiger charge is 2.06. The van der Waals surface area contributed by atoms with E-state index in [-0.39, 0.29) is 19.0 Å². The number of aliphatic hydroxyl groups is 1. The average Bonchev–Trinajstić information content (AvgIpc) is 2.46. The highest BCUT2D eigenvalue weighted by molar-refractivity contribution is 5.40. The van der Waals surface area contributed by atoms with Crippen LogP contribution in [0.25, 0.3) is 0 Å². The predicted molar refractivity (Wildman–Crippen MR) is 71.1 cm³/mol. The molecule has 1 N–H and O–H groups in total. The Bertz CT molecular complexity index is 657. The summed E-state index contributed by atoms with van der Waals surface area (Å²) in [7, 11) is 0. The first-order valence-electron chi connectivity index (χ1n) is 5.96. The van der Waals surface area contributed by atoms with Gasteiger partial charge in [-0.2, -0.15) is 0 Å². The summed E-state index contributed by atoms with van der Waals surface area (Å²) < 4.78 is 32.3. The number of rotatable bonds is 3. The third-order valence-corrected chi connectivity index (χ3v) is 2.58. The van der Waals surface area contributed by atoms with Gasteiger partial charge in [0.15, 0.2) is 11.6 Å². The zero-order valence-electron chi connectivity index (χ0n) is 10.6. The topological polar surface area (TPSA) is 29.5 Å². The smallest absolute Gasteiger partial charge is 0.165 e. The van der Waals surface area contributed by atoms with Crippen molar-refractivity contribution in [2.75, 3.05) is 6.61 Å². The van der Waals surface area contributed by atoms with Crippen LogP contribution in [0.3, 0.4) is 0 Å². The van der Waals surface area contributed by atoms with Crippen LogP contribution in [-0.4, -0.2) is 11.7 Å². The third-order valence-electron chi connectivity index (χ3n) is 2.58. The Kier molecular flexibility index (Phi) is 4.70. The fraction of sp³-hybridized carbons (Fsp3) is 0.125. The molecule has 0 aromatic heterocycles. The highest BCUT2D eigenvalue weighted by atomic mass is 19.1. The molecule has 0 bridgehead atoms. The van der Waals surface area contributed by atoms with E-state index in [0.29, 0.717) is 11.1 Å². The fourth-order valence-corrected chi connectivity index (χ4v) is 1.60. The molecule has 4 heteroatoms. The van der Waals surface area contributed by atoms with Gasteiger partial charge >= 0.3 is 0 Å². The molecule has 0 amide bonds. The van der Waals surface area contributed by atoms with Gasteiger partial charge in [-0.1, -0.05) is 30.0 Å². The van der Waals surface area contributed by atoms with Crippen molar-refractivity contribution in [3.05, 3.63) is 65.2 Å². The second-order valence-electron chi connectivity index (χ2n) is 3.99. The van der Waals surface area contributed by atoms with E-state index in [0.717, 1.165) is 0 Å². The molecule has 20 heavy (non-hydrogen) atoms. The third kappa shape index (κ3) is 3.56. The van der Waals surface area contributed by atoms with Gasteiger partial charge in [-0.05, 0) is 24.3 Å². The van der Waals surface area contributed by atoms with Gasteiger partial charge in [-0.3, -0.25) is 0 Å². The van der Waals surface area contributed by atoms with E-state index in [1.54, 1.807) is 18.2 Å². The average molecular weight is 274 g/mol. The molecule has 0 fully saturated rings. The van der Waals surface area contributed by atoms with Gasteiger partial charge in [0.1, 0.15) is 19.0 Å². The van der Waals surface area contributed by atoms with Crippen molar-refractivity contribution < 1.29 is 18.6 Å². The summed E-state index contributed by atoms with van der Waals surface area (Å²) in [6, 6.07) is 10.3. The van der Waals surface area contributed by atoms with Gasteiger partial charge < -0.3 is 9.84 Å². The Hall–Kier alpha value is -2.38. The zero-order valence-corrected chi connectivity index (χ0v) is 10.6. The summed E-state index contributed by atoms with van der Waals surface area (Å²) in [6.45, 7) is -0.344. The number of hydrogen-bond donors (Lipinski definition) is 1. The van der Waals surface area contributed by atoms with E-state index in [1.807, 2.05) is 0 Å². The molecular weight excluding hydrogens is 262 g/mol. The first kappa shape index (κ1) is 14.0. The highest BCUT2D eigenvalue weighted by Crippen LogP contribution is 2.20. The minimum absolute atomic E-state index is 0.00186. The van der Waals surface area contributed by atoms with Crippen molar-refractivity contribution in [2.24, 2.45) is 0 Å². The molecule has 0 radical (unpaired) electrons.